The van der Waals surface area contributed by atoms with Crippen LogP contribution in [0.15, 0.2) is 52.6 Å². The van der Waals surface area contributed by atoms with Crippen molar-refractivity contribution in [3.8, 4) is 45.6 Å². The van der Waals surface area contributed by atoms with E-state index >= 15 is 0 Å². The highest BCUT2D eigenvalue weighted by molar-refractivity contribution is 7.17. The quantitative estimate of drug-likeness (QED) is 0.423. The molecule has 0 aliphatic rings. The van der Waals surface area contributed by atoms with Gasteiger partial charge >= 0.3 is 0 Å². The van der Waals surface area contributed by atoms with Gasteiger partial charge in [-0.3, -0.25) is 4.79 Å². The number of nitrogens with one attached hydrogen (secondary N) is 1. The lowest BCUT2D eigenvalue weighted by molar-refractivity contribution is 0.454. The van der Waals surface area contributed by atoms with Crippen molar-refractivity contribution >= 4 is 21.6 Å². The number of nitriles is 1. The molecule has 27 heavy (non-hydrogen) atoms. The van der Waals surface area contributed by atoms with Gasteiger partial charge in [0.25, 0.3) is 5.56 Å². The van der Waals surface area contributed by atoms with Crippen LogP contribution in [-0.4, -0.2) is 20.3 Å². The molecule has 4 N–H and O–H groups in total. The fraction of sp³-hybridized carbons (Fsp3) is 0. The molecular weight excluding hydrogens is 364 g/mol. The predicted octanol–water partition coefficient (Wildman–Crippen LogP) is 3.91. The van der Waals surface area contributed by atoms with E-state index in [0.717, 1.165) is 5.56 Å². The van der Waals surface area contributed by atoms with Crippen LogP contribution in [0, 0.1) is 11.3 Å². The maximum absolute atomic E-state index is 11.8. The van der Waals surface area contributed by atoms with Crippen molar-refractivity contribution in [2.24, 2.45) is 0 Å². The SMILES string of the molecule is N#Cc1c(O)c2c(-c3ccc(-c4c(O)cccc4O)cc3)csc2[nH]c1=O. The zero-order valence-electron chi connectivity index (χ0n) is 13.7. The second-order valence-corrected chi connectivity index (χ2v) is 6.77. The Labute approximate surface area is 156 Å². The molecule has 6 nitrogen and oxygen atoms in total. The lowest BCUT2D eigenvalue weighted by Gasteiger charge is -2.08. The summed E-state index contributed by atoms with van der Waals surface area (Å²) in [5.74, 6) is -0.398. The molecule has 2 aromatic carbocycles. The number of phenolic OH excluding ortho intramolecular Hbond substituents is 2. The number of phenols is 2. The molecule has 2 aromatic heterocycles. The summed E-state index contributed by atoms with van der Waals surface area (Å²) in [5, 5.41) is 41.7. The molecule has 7 heteroatoms. The molecule has 0 radical (unpaired) electrons. The van der Waals surface area contributed by atoms with E-state index in [2.05, 4.69) is 4.98 Å². The molecule has 0 bridgehead atoms. The second-order valence-electron chi connectivity index (χ2n) is 5.89. The largest absolute Gasteiger partial charge is 0.507 e. The van der Waals surface area contributed by atoms with E-state index in [0.29, 0.717) is 26.9 Å². The van der Waals surface area contributed by atoms with Gasteiger partial charge in [-0.25, -0.2) is 0 Å². The van der Waals surface area contributed by atoms with Crippen LogP contribution in [-0.2, 0) is 0 Å². The second kappa shape index (κ2) is 6.20. The molecule has 0 saturated heterocycles. The minimum Gasteiger partial charge on any atom is -0.507 e. The van der Waals surface area contributed by atoms with E-state index in [1.54, 1.807) is 41.8 Å². The van der Waals surface area contributed by atoms with Crippen molar-refractivity contribution in [3.05, 3.63) is 63.8 Å². The minimum atomic E-state index is -0.624. The van der Waals surface area contributed by atoms with E-state index in [4.69, 9.17) is 5.26 Å². The smallest absolute Gasteiger partial charge is 0.270 e. The van der Waals surface area contributed by atoms with Crippen molar-refractivity contribution in [2.45, 2.75) is 0 Å². The summed E-state index contributed by atoms with van der Waals surface area (Å²) < 4.78 is 0. The Morgan fingerprint density at radius 3 is 2.22 bits per heavy atom. The summed E-state index contributed by atoms with van der Waals surface area (Å²) in [4.78, 5) is 14.9. The number of nitrogens with zero attached hydrogens (tertiary/aromatic N) is 1. The summed E-state index contributed by atoms with van der Waals surface area (Å²) in [6.45, 7) is 0. The highest BCUT2D eigenvalue weighted by Crippen LogP contribution is 2.41. The first-order valence-corrected chi connectivity index (χ1v) is 8.77. The number of hydrogen-bond acceptors (Lipinski definition) is 6. The third-order valence-electron chi connectivity index (χ3n) is 4.34. The van der Waals surface area contributed by atoms with Gasteiger partial charge in [0.2, 0.25) is 0 Å². The number of aromatic hydroxyl groups is 3. The Morgan fingerprint density at radius 1 is 0.963 bits per heavy atom. The van der Waals surface area contributed by atoms with Crippen LogP contribution in [0.5, 0.6) is 17.2 Å². The summed E-state index contributed by atoms with van der Waals surface area (Å²) in [7, 11) is 0. The Morgan fingerprint density at radius 2 is 1.59 bits per heavy atom. The third-order valence-corrected chi connectivity index (χ3v) is 5.23. The number of H-pyrrole nitrogens is 1. The molecule has 4 aromatic rings. The highest BCUT2D eigenvalue weighted by Gasteiger charge is 2.18. The van der Waals surface area contributed by atoms with E-state index in [-0.39, 0.29) is 22.8 Å². The monoisotopic (exact) mass is 376 g/mol. The third kappa shape index (κ3) is 2.60. The number of hydrogen-bond donors (Lipinski definition) is 4. The van der Waals surface area contributed by atoms with Gasteiger partial charge in [0, 0.05) is 10.9 Å². The molecule has 2 heterocycles. The Hall–Kier alpha value is -3.76. The number of aromatic nitrogens is 1. The van der Waals surface area contributed by atoms with E-state index in [9.17, 15) is 20.1 Å². The number of aromatic amines is 1. The van der Waals surface area contributed by atoms with Crippen LogP contribution in [0.25, 0.3) is 32.5 Å². The Bertz CT molecular complexity index is 1260. The van der Waals surface area contributed by atoms with Crippen LogP contribution in [0.3, 0.4) is 0 Å². The van der Waals surface area contributed by atoms with E-state index in [1.807, 2.05) is 0 Å². The van der Waals surface area contributed by atoms with Crippen LogP contribution < -0.4 is 5.56 Å². The zero-order valence-corrected chi connectivity index (χ0v) is 14.5. The summed E-state index contributed by atoms with van der Waals surface area (Å²) in [6, 6.07) is 13.3. The first-order chi connectivity index (χ1) is 13.0. The van der Waals surface area contributed by atoms with Gasteiger partial charge in [-0.05, 0) is 23.3 Å². The number of pyridine rings is 1. The van der Waals surface area contributed by atoms with Crippen molar-refractivity contribution < 1.29 is 15.3 Å². The zero-order chi connectivity index (χ0) is 19.1. The normalized spacial score (nSPS) is 10.8. The van der Waals surface area contributed by atoms with Crippen molar-refractivity contribution in [1.82, 2.24) is 4.98 Å². The first kappa shape index (κ1) is 16.7. The van der Waals surface area contributed by atoms with Crippen LogP contribution >= 0.6 is 11.3 Å². The molecule has 132 valence electrons. The van der Waals surface area contributed by atoms with Crippen molar-refractivity contribution in [3.63, 3.8) is 0 Å². The summed E-state index contributed by atoms with van der Waals surface area (Å²) in [6.07, 6.45) is 0. The number of thiophene rings is 1. The Balaban J connectivity index is 1.86. The standard InChI is InChI=1S/C20H12N2O4S/c21-8-12-18(25)17-13(9-27-20(17)22-19(12)26)10-4-6-11(7-5-10)16-14(23)2-1-3-15(16)24/h1-7,9,23-24H,(H2,22,25,26). The van der Waals surface area contributed by atoms with E-state index < -0.39 is 5.56 Å². The fourth-order valence-electron chi connectivity index (χ4n) is 3.04. The molecule has 0 atom stereocenters. The molecule has 0 aliphatic carbocycles. The van der Waals surface area contributed by atoms with Gasteiger partial charge in [-0.15, -0.1) is 11.3 Å². The number of benzene rings is 2. The average Bonchev–Trinajstić information content (AvgIpc) is 3.06. The van der Waals surface area contributed by atoms with Gasteiger partial charge < -0.3 is 20.3 Å². The molecule has 0 saturated carbocycles. The first-order valence-electron chi connectivity index (χ1n) is 7.89. The average molecular weight is 376 g/mol. The molecule has 0 amide bonds. The van der Waals surface area contributed by atoms with Gasteiger partial charge in [0.1, 0.15) is 28.1 Å². The van der Waals surface area contributed by atoms with Crippen LogP contribution in [0.4, 0.5) is 0 Å². The predicted molar refractivity (Wildman–Crippen MR) is 103 cm³/mol. The molecule has 0 aliphatic heterocycles. The molecule has 0 unspecified atom stereocenters. The van der Waals surface area contributed by atoms with Gasteiger partial charge in [0.15, 0.2) is 5.56 Å². The maximum atomic E-state index is 11.8. The van der Waals surface area contributed by atoms with Gasteiger partial charge in [-0.2, -0.15) is 5.26 Å². The lowest BCUT2D eigenvalue weighted by atomic mass is 9.98. The summed E-state index contributed by atoms with van der Waals surface area (Å²) >= 11 is 1.26. The lowest BCUT2D eigenvalue weighted by Crippen LogP contribution is -2.09. The van der Waals surface area contributed by atoms with Gasteiger partial charge in [0.05, 0.1) is 10.9 Å². The minimum absolute atomic E-state index is 0.0300. The molecule has 0 fully saturated rings. The molecule has 4 rings (SSSR count). The van der Waals surface area contributed by atoms with Crippen molar-refractivity contribution in [2.75, 3.05) is 0 Å². The van der Waals surface area contributed by atoms with Gasteiger partial charge in [-0.1, -0.05) is 30.3 Å². The maximum Gasteiger partial charge on any atom is 0.270 e. The summed E-state index contributed by atoms with van der Waals surface area (Å²) in [5.41, 5.74) is 1.45. The van der Waals surface area contributed by atoms with Crippen LogP contribution in [0.2, 0.25) is 0 Å². The number of fused-ring (bicyclic) bond motifs is 1. The fourth-order valence-corrected chi connectivity index (χ4v) is 4.01. The van der Waals surface area contributed by atoms with Crippen molar-refractivity contribution in [1.29, 1.82) is 5.26 Å². The highest BCUT2D eigenvalue weighted by atomic mass is 32.1. The molecular formula is C20H12N2O4S. The van der Waals surface area contributed by atoms with E-state index in [1.165, 1.54) is 23.5 Å². The van der Waals surface area contributed by atoms with Crippen LogP contribution in [0.1, 0.15) is 5.56 Å². The number of rotatable bonds is 2. The topological polar surface area (TPSA) is 117 Å². The Kier molecular flexibility index (Phi) is 3.83. The molecule has 0 spiro atoms.